The van der Waals surface area contributed by atoms with Gasteiger partial charge in [-0.3, -0.25) is 4.90 Å². The van der Waals surface area contributed by atoms with Crippen molar-refractivity contribution in [3.63, 3.8) is 0 Å². The van der Waals surface area contributed by atoms with Crippen molar-refractivity contribution in [3.05, 3.63) is 64.1 Å². The maximum atomic E-state index is 12.2. The van der Waals surface area contributed by atoms with E-state index in [1.54, 1.807) is 6.08 Å². The average Bonchev–Trinajstić information content (AvgIpc) is 2.95. The minimum atomic E-state index is -2.94. The summed E-state index contributed by atoms with van der Waals surface area (Å²) in [5, 5.41) is 29.2. The Labute approximate surface area is 178 Å². The molecule has 3 rings (SSSR count). The molecule has 3 N–H and O–H groups in total. The molecule has 1 fully saturated rings. The van der Waals surface area contributed by atoms with E-state index < -0.39 is 24.8 Å². The van der Waals surface area contributed by atoms with Gasteiger partial charge in [0.2, 0.25) is 0 Å². The van der Waals surface area contributed by atoms with E-state index in [9.17, 15) is 33.7 Å². The molecule has 11 heteroatoms. The van der Waals surface area contributed by atoms with E-state index in [1.165, 1.54) is 41.3 Å². The van der Waals surface area contributed by atoms with Gasteiger partial charge in [0.15, 0.2) is 6.23 Å². The number of carboxylic acids is 2. The number of anilines is 1. The Hall–Kier alpha value is -3.02. The topological polar surface area (TPSA) is 107 Å². The molecule has 30 heavy (non-hydrogen) atoms. The lowest BCUT2D eigenvalue weighted by Crippen LogP contribution is -2.32. The fraction of sp³-hybridized carbons (Fsp3) is 0.105. The van der Waals surface area contributed by atoms with Crippen LogP contribution in [0.5, 0.6) is 5.75 Å². The minimum Gasteiger partial charge on any atom is -0.478 e. The molecule has 1 heterocycles. The number of hydrogen-bond donors (Lipinski definition) is 3. The highest BCUT2D eigenvalue weighted by Crippen LogP contribution is 2.39. The van der Waals surface area contributed by atoms with Gasteiger partial charge in [-0.1, -0.05) is 36.1 Å². The highest BCUT2D eigenvalue weighted by atomic mass is 32.2. The number of alkyl halides is 2. The minimum absolute atomic E-state index is 0.0180. The van der Waals surface area contributed by atoms with Crippen molar-refractivity contribution in [3.8, 4) is 5.75 Å². The average molecular weight is 453 g/mol. The Balaban J connectivity index is 1.91. The summed E-state index contributed by atoms with van der Waals surface area (Å²) in [6.07, 6.45) is 0.289. The molecule has 1 aliphatic rings. The van der Waals surface area contributed by atoms with Gasteiger partial charge in [0, 0.05) is 10.6 Å². The summed E-state index contributed by atoms with van der Waals surface area (Å²) < 4.78 is 28.9. The molecular formula is C19H13F2NO6S2. The van der Waals surface area contributed by atoms with E-state index in [0.29, 0.717) is 10.5 Å². The van der Waals surface area contributed by atoms with Crippen LogP contribution >= 0.6 is 24.0 Å². The van der Waals surface area contributed by atoms with Crippen LogP contribution in [-0.4, -0.2) is 44.4 Å². The number of thioether (sulfide) groups is 1. The second-order valence-electron chi connectivity index (χ2n) is 5.98. The molecular weight excluding hydrogens is 440 g/mol. The largest absolute Gasteiger partial charge is 0.478 e. The van der Waals surface area contributed by atoms with E-state index in [0.717, 1.165) is 17.8 Å². The second kappa shape index (κ2) is 8.78. The van der Waals surface area contributed by atoms with Crippen molar-refractivity contribution >= 4 is 52.0 Å². The number of thiocarbonyl (C=S) groups is 1. The van der Waals surface area contributed by atoms with Crippen molar-refractivity contribution in [2.45, 2.75) is 12.8 Å². The number of halogens is 2. The first-order valence-corrected chi connectivity index (χ1v) is 9.45. The molecule has 2 aromatic rings. The summed E-state index contributed by atoms with van der Waals surface area (Å²) in [5.74, 6) is -2.67. The number of nitrogens with zero attached hydrogens (tertiary/aromatic N) is 1. The number of aromatic carboxylic acids is 2. The molecule has 0 saturated carbocycles. The van der Waals surface area contributed by atoms with E-state index in [2.05, 4.69) is 4.74 Å². The first-order valence-electron chi connectivity index (χ1n) is 8.23. The molecule has 1 atom stereocenters. The normalized spacial score (nSPS) is 17.6. The number of hydrogen-bond acceptors (Lipinski definition) is 6. The van der Waals surface area contributed by atoms with Gasteiger partial charge < -0.3 is 20.1 Å². The molecule has 156 valence electrons. The van der Waals surface area contributed by atoms with Crippen LogP contribution in [0.4, 0.5) is 14.5 Å². The van der Waals surface area contributed by atoms with E-state index in [-0.39, 0.29) is 26.9 Å². The van der Waals surface area contributed by atoms with Crippen LogP contribution in [0.3, 0.4) is 0 Å². The standard InChI is InChI=1S/C19H13F2NO6S2/c20-18(21)28-13-3-1-9(2-4-13)5-14-15(23)22(19(29)30-14)12-7-10(16(24)25)6-11(8-12)17(26)27/h1-8,15,18,23H,(H,24,25)(H,26,27)/b14-5+/t15-/m1/s1. The van der Waals surface area contributed by atoms with Crippen molar-refractivity contribution < 1.29 is 38.4 Å². The van der Waals surface area contributed by atoms with Crippen LogP contribution in [0, 0.1) is 0 Å². The number of aliphatic hydroxyl groups excluding tert-OH is 1. The lowest BCUT2D eigenvalue weighted by Gasteiger charge is -2.22. The summed E-state index contributed by atoms with van der Waals surface area (Å²) in [7, 11) is 0. The van der Waals surface area contributed by atoms with Gasteiger partial charge in [0.1, 0.15) is 10.1 Å². The second-order valence-corrected chi connectivity index (χ2v) is 7.69. The molecule has 1 aliphatic heterocycles. The molecule has 0 amide bonds. The van der Waals surface area contributed by atoms with Gasteiger partial charge >= 0.3 is 18.6 Å². The Morgan fingerprint density at radius 2 is 1.67 bits per heavy atom. The molecule has 0 aromatic heterocycles. The lowest BCUT2D eigenvalue weighted by molar-refractivity contribution is -0.0498. The monoisotopic (exact) mass is 453 g/mol. The van der Waals surface area contributed by atoms with Crippen LogP contribution in [-0.2, 0) is 0 Å². The summed E-state index contributed by atoms with van der Waals surface area (Å²) in [6.45, 7) is -2.94. The number of ether oxygens (including phenoxy) is 1. The lowest BCUT2D eigenvalue weighted by atomic mass is 10.1. The number of aliphatic hydroxyl groups is 1. The maximum Gasteiger partial charge on any atom is 0.387 e. The van der Waals surface area contributed by atoms with Crippen molar-refractivity contribution in [2.75, 3.05) is 4.90 Å². The molecule has 0 radical (unpaired) electrons. The summed E-state index contributed by atoms with van der Waals surface area (Å²) in [4.78, 5) is 24.3. The summed E-state index contributed by atoms with van der Waals surface area (Å²) >= 11 is 6.31. The molecule has 0 aliphatic carbocycles. The van der Waals surface area contributed by atoms with Crippen LogP contribution in [0.1, 0.15) is 26.3 Å². The van der Waals surface area contributed by atoms with Gasteiger partial charge in [-0.05, 0) is 42.0 Å². The Morgan fingerprint density at radius 3 is 2.17 bits per heavy atom. The van der Waals surface area contributed by atoms with Gasteiger partial charge in [-0.2, -0.15) is 8.78 Å². The number of rotatable bonds is 6. The first kappa shape index (κ1) is 21.7. The predicted octanol–water partition coefficient (Wildman–Crippen LogP) is 3.88. The van der Waals surface area contributed by atoms with Crippen LogP contribution in [0.2, 0.25) is 0 Å². The van der Waals surface area contributed by atoms with E-state index in [1.807, 2.05) is 0 Å². The highest BCUT2D eigenvalue weighted by molar-refractivity contribution is 8.26. The molecule has 0 bridgehead atoms. The van der Waals surface area contributed by atoms with E-state index >= 15 is 0 Å². The zero-order chi connectivity index (χ0) is 22.0. The van der Waals surface area contributed by atoms with Gasteiger partial charge in [-0.25, -0.2) is 9.59 Å². The Morgan fingerprint density at radius 1 is 1.10 bits per heavy atom. The molecule has 0 spiro atoms. The van der Waals surface area contributed by atoms with Crippen LogP contribution in [0.15, 0.2) is 47.4 Å². The van der Waals surface area contributed by atoms with Gasteiger partial charge in [0.05, 0.1) is 11.1 Å². The number of carbonyl (C=O) groups is 2. The third-order valence-electron chi connectivity index (χ3n) is 4.00. The quantitative estimate of drug-likeness (QED) is 0.562. The van der Waals surface area contributed by atoms with Gasteiger partial charge in [-0.15, -0.1) is 0 Å². The van der Waals surface area contributed by atoms with E-state index in [4.69, 9.17) is 12.2 Å². The maximum absolute atomic E-state index is 12.2. The zero-order valence-corrected chi connectivity index (χ0v) is 16.5. The zero-order valence-electron chi connectivity index (χ0n) is 14.9. The Bertz CT molecular complexity index is 1010. The molecule has 7 nitrogen and oxygen atoms in total. The van der Waals surface area contributed by atoms with Crippen molar-refractivity contribution in [1.29, 1.82) is 0 Å². The smallest absolute Gasteiger partial charge is 0.387 e. The molecule has 1 saturated heterocycles. The SMILES string of the molecule is O=C(O)c1cc(C(=O)O)cc(N2C(=S)S/C(=C/c3ccc(OC(F)F)cc3)[C@H]2O)c1. The fourth-order valence-electron chi connectivity index (χ4n) is 2.69. The Kier molecular flexibility index (Phi) is 6.34. The summed E-state index contributed by atoms with van der Waals surface area (Å²) in [5.41, 5.74) is 0.156. The third kappa shape index (κ3) is 4.75. The fourth-order valence-corrected chi connectivity index (χ4v) is 4.09. The van der Waals surface area contributed by atoms with Gasteiger partial charge in [0.25, 0.3) is 0 Å². The summed E-state index contributed by atoms with van der Waals surface area (Å²) in [6, 6.07) is 9.14. The van der Waals surface area contributed by atoms with Crippen molar-refractivity contribution in [1.82, 2.24) is 0 Å². The van der Waals surface area contributed by atoms with Crippen LogP contribution in [0.25, 0.3) is 6.08 Å². The molecule has 0 unspecified atom stereocenters. The number of benzene rings is 2. The number of carboxylic acid groups (broad SMARTS) is 2. The third-order valence-corrected chi connectivity index (χ3v) is 5.39. The predicted molar refractivity (Wildman–Crippen MR) is 110 cm³/mol. The molecule has 2 aromatic carbocycles. The highest BCUT2D eigenvalue weighted by Gasteiger charge is 2.34. The first-order chi connectivity index (χ1) is 14.2. The van der Waals surface area contributed by atoms with Crippen LogP contribution < -0.4 is 9.64 Å². The van der Waals surface area contributed by atoms with Crippen molar-refractivity contribution in [2.24, 2.45) is 0 Å².